The quantitative estimate of drug-likeness (QED) is 0.768. The molecule has 0 aliphatic rings. The van der Waals surface area contributed by atoms with Crippen molar-refractivity contribution in [3.63, 3.8) is 0 Å². The second-order valence-electron chi connectivity index (χ2n) is 3.25. The van der Waals surface area contributed by atoms with Gasteiger partial charge >= 0.3 is 0 Å². The maximum Gasteiger partial charge on any atom is 0.270 e. The summed E-state index contributed by atoms with van der Waals surface area (Å²) in [6.45, 7) is 0.389. The Morgan fingerprint density at radius 3 is 3.00 bits per heavy atom. The van der Waals surface area contributed by atoms with Crippen LogP contribution >= 0.6 is 0 Å². The highest BCUT2D eigenvalue weighted by molar-refractivity contribution is 5.92. The fourth-order valence-corrected chi connectivity index (χ4v) is 1.28. The molecule has 2 rings (SSSR count). The average Bonchev–Trinajstić information content (AvgIpc) is 2.78. The van der Waals surface area contributed by atoms with Gasteiger partial charge in [-0.1, -0.05) is 6.07 Å². The number of aromatic nitrogens is 2. The van der Waals surface area contributed by atoms with Crippen LogP contribution in [0, 0.1) is 5.95 Å². The minimum absolute atomic E-state index is 0.0792. The summed E-state index contributed by atoms with van der Waals surface area (Å²) in [7, 11) is 0. The molecule has 0 saturated carbocycles. The summed E-state index contributed by atoms with van der Waals surface area (Å²) < 4.78 is 12.7. The smallest absolute Gasteiger partial charge is 0.270 e. The molecule has 1 amide bonds. The average molecular weight is 219 g/mol. The van der Waals surface area contributed by atoms with Crippen LogP contribution in [0.2, 0.25) is 0 Å². The summed E-state index contributed by atoms with van der Waals surface area (Å²) in [6.07, 6.45) is 3.54. The highest BCUT2D eigenvalue weighted by Crippen LogP contribution is 1.99. The Labute approximate surface area is 91.5 Å². The number of H-pyrrole nitrogens is 1. The third kappa shape index (κ3) is 2.44. The summed E-state index contributed by atoms with van der Waals surface area (Å²) in [5, 5.41) is 2.64. The van der Waals surface area contributed by atoms with Gasteiger partial charge in [0.05, 0.1) is 0 Å². The number of pyridine rings is 1. The molecule has 2 aromatic heterocycles. The number of aromatic amines is 1. The molecule has 16 heavy (non-hydrogen) atoms. The van der Waals surface area contributed by atoms with E-state index >= 15 is 0 Å². The molecule has 4 nitrogen and oxygen atoms in total. The van der Waals surface area contributed by atoms with E-state index in [1.807, 2.05) is 6.07 Å². The summed E-state index contributed by atoms with van der Waals surface area (Å²) in [4.78, 5) is 17.9. The lowest BCUT2D eigenvalue weighted by atomic mass is 10.3. The van der Waals surface area contributed by atoms with Crippen LogP contribution in [0.5, 0.6) is 0 Å². The number of carbonyl (C=O) groups excluding carboxylic acids is 1. The first-order valence-electron chi connectivity index (χ1n) is 4.78. The molecule has 0 saturated heterocycles. The zero-order valence-electron chi connectivity index (χ0n) is 8.40. The molecule has 0 aliphatic carbocycles. The second-order valence-corrected chi connectivity index (χ2v) is 3.25. The minimum Gasteiger partial charge on any atom is -0.367 e. The zero-order valence-corrected chi connectivity index (χ0v) is 8.40. The molecule has 82 valence electrons. The molecule has 0 radical (unpaired) electrons. The molecule has 2 N–H and O–H groups in total. The molecule has 0 bridgehead atoms. The van der Waals surface area contributed by atoms with Crippen molar-refractivity contribution in [3.8, 4) is 0 Å². The van der Waals surface area contributed by atoms with Gasteiger partial charge in [-0.15, -0.1) is 0 Å². The van der Waals surface area contributed by atoms with Crippen LogP contribution < -0.4 is 5.32 Å². The van der Waals surface area contributed by atoms with Gasteiger partial charge in [-0.05, 0) is 23.8 Å². The van der Waals surface area contributed by atoms with Crippen molar-refractivity contribution in [1.29, 1.82) is 0 Å². The van der Waals surface area contributed by atoms with Gasteiger partial charge in [0.15, 0.2) is 0 Å². The minimum atomic E-state index is -0.658. The van der Waals surface area contributed by atoms with Gasteiger partial charge in [-0.2, -0.15) is 4.39 Å². The maximum atomic E-state index is 12.7. The maximum absolute atomic E-state index is 12.7. The lowest BCUT2D eigenvalue weighted by molar-refractivity contribution is 0.0945. The monoisotopic (exact) mass is 219 g/mol. The fourth-order valence-electron chi connectivity index (χ4n) is 1.28. The van der Waals surface area contributed by atoms with Gasteiger partial charge in [-0.25, -0.2) is 4.98 Å². The van der Waals surface area contributed by atoms with E-state index in [-0.39, 0.29) is 11.6 Å². The third-order valence-corrected chi connectivity index (χ3v) is 2.06. The topological polar surface area (TPSA) is 57.8 Å². The number of halogens is 1. The van der Waals surface area contributed by atoms with Crippen molar-refractivity contribution >= 4 is 5.91 Å². The Kier molecular flexibility index (Phi) is 2.95. The van der Waals surface area contributed by atoms with Crippen molar-refractivity contribution in [3.05, 3.63) is 53.9 Å². The van der Waals surface area contributed by atoms with E-state index in [0.717, 1.165) is 5.56 Å². The molecule has 5 heteroatoms. The number of hydrogen-bond donors (Lipinski definition) is 2. The van der Waals surface area contributed by atoms with Gasteiger partial charge in [-0.3, -0.25) is 4.79 Å². The Balaban J connectivity index is 1.98. The van der Waals surface area contributed by atoms with Gasteiger partial charge in [0, 0.05) is 18.9 Å². The molecule has 0 aromatic carbocycles. The van der Waals surface area contributed by atoms with Crippen LogP contribution in [0.4, 0.5) is 4.39 Å². The zero-order chi connectivity index (χ0) is 11.4. The van der Waals surface area contributed by atoms with Crippen molar-refractivity contribution in [2.75, 3.05) is 0 Å². The van der Waals surface area contributed by atoms with E-state index in [2.05, 4.69) is 15.3 Å². The van der Waals surface area contributed by atoms with Crippen molar-refractivity contribution in [2.45, 2.75) is 6.54 Å². The number of nitrogens with one attached hydrogen (secondary N) is 2. The Hall–Kier alpha value is -2.17. The molecular formula is C11H10FN3O. The van der Waals surface area contributed by atoms with Crippen LogP contribution in [-0.4, -0.2) is 15.9 Å². The molecule has 2 heterocycles. The number of carbonyl (C=O) groups is 1. The Morgan fingerprint density at radius 1 is 1.44 bits per heavy atom. The first-order valence-corrected chi connectivity index (χ1v) is 4.78. The highest BCUT2D eigenvalue weighted by Gasteiger charge is 2.07. The molecule has 0 atom stereocenters. The lowest BCUT2D eigenvalue weighted by Crippen LogP contribution is -2.23. The van der Waals surface area contributed by atoms with Crippen LogP contribution in [0.15, 0.2) is 36.7 Å². The third-order valence-electron chi connectivity index (χ3n) is 2.06. The first-order chi connectivity index (χ1) is 7.75. The number of rotatable bonds is 3. The van der Waals surface area contributed by atoms with Gasteiger partial charge in [0.2, 0.25) is 5.95 Å². The number of amides is 1. The second kappa shape index (κ2) is 4.57. The predicted octanol–water partition coefficient (Wildman–Crippen LogP) is 1.48. The SMILES string of the molecule is O=C(NCc1cc[nH]c1)c1cccc(F)n1. The molecule has 2 aromatic rings. The van der Waals surface area contributed by atoms with Gasteiger partial charge in [0.1, 0.15) is 5.69 Å². The lowest BCUT2D eigenvalue weighted by Gasteiger charge is -2.02. The molecule has 0 aliphatic heterocycles. The van der Waals surface area contributed by atoms with Gasteiger partial charge < -0.3 is 10.3 Å². The summed E-state index contributed by atoms with van der Waals surface area (Å²) in [5.74, 6) is -1.05. The fraction of sp³-hybridized carbons (Fsp3) is 0.0909. The first kappa shape index (κ1) is 10.4. The number of hydrogen-bond acceptors (Lipinski definition) is 2. The van der Waals surface area contributed by atoms with E-state index < -0.39 is 5.95 Å². The van der Waals surface area contributed by atoms with E-state index in [0.29, 0.717) is 6.54 Å². The highest BCUT2D eigenvalue weighted by atomic mass is 19.1. The Morgan fingerprint density at radius 2 is 2.31 bits per heavy atom. The predicted molar refractivity (Wildman–Crippen MR) is 56.2 cm³/mol. The van der Waals surface area contributed by atoms with Crippen molar-refractivity contribution < 1.29 is 9.18 Å². The molecule has 0 unspecified atom stereocenters. The van der Waals surface area contributed by atoms with E-state index in [9.17, 15) is 9.18 Å². The van der Waals surface area contributed by atoms with Crippen LogP contribution in [0.1, 0.15) is 16.1 Å². The standard InChI is InChI=1S/C11H10FN3O/c12-10-3-1-2-9(15-10)11(16)14-7-8-4-5-13-6-8/h1-6,13H,7H2,(H,14,16). The molecule has 0 spiro atoms. The summed E-state index contributed by atoms with van der Waals surface area (Å²) in [6, 6.07) is 5.96. The van der Waals surface area contributed by atoms with Crippen LogP contribution in [0.25, 0.3) is 0 Å². The normalized spacial score (nSPS) is 10.1. The number of nitrogens with zero attached hydrogens (tertiary/aromatic N) is 1. The Bertz CT molecular complexity index is 482. The van der Waals surface area contributed by atoms with E-state index in [1.54, 1.807) is 12.4 Å². The summed E-state index contributed by atoms with van der Waals surface area (Å²) in [5.41, 5.74) is 1.03. The molecule has 0 fully saturated rings. The van der Waals surface area contributed by atoms with E-state index in [4.69, 9.17) is 0 Å². The van der Waals surface area contributed by atoms with Gasteiger partial charge in [0.25, 0.3) is 5.91 Å². The molecular weight excluding hydrogens is 209 g/mol. The van der Waals surface area contributed by atoms with E-state index in [1.165, 1.54) is 18.2 Å². The largest absolute Gasteiger partial charge is 0.367 e. The van der Waals surface area contributed by atoms with Crippen LogP contribution in [-0.2, 0) is 6.54 Å². The van der Waals surface area contributed by atoms with Crippen molar-refractivity contribution in [1.82, 2.24) is 15.3 Å². The summed E-state index contributed by atoms with van der Waals surface area (Å²) >= 11 is 0. The van der Waals surface area contributed by atoms with Crippen molar-refractivity contribution in [2.24, 2.45) is 0 Å². The van der Waals surface area contributed by atoms with Crippen LogP contribution in [0.3, 0.4) is 0 Å².